The van der Waals surface area contributed by atoms with Crippen molar-refractivity contribution in [2.75, 3.05) is 14.1 Å². The summed E-state index contributed by atoms with van der Waals surface area (Å²) < 4.78 is 27.3. The van der Waals surface area contributed by atoms with E-state index in [1.165, 1.54) is 11.8 Å². The van der Waals surface area contributed by atoms with E-state index in [0.717, 1.165) is 5.56 Å². The van der Waals surface area contributed by atoms with Gasteiger partial charge < -0.3 is 15.5 Å². The molecule has 236 valence electrons. The van der Waals surface area contributed by atoms with Crippen LogP contribution in [0.3, 0.4) is 0 Å². The summed E-state index contributed by atoms with van der Waals surface area (Å²) in [4.78, 5) is 41.9. The molecule has 0 saturated carbocycles. The number of hydrogen-bond acceptors (Lipinski definition) is 6. The van der Waals surface area contributed by atoms with Crippen LogP contribution in [0.15, 0.2) is 72.3 Å². The molecular weight excluding hydrogens is 564 g/mol. The van der Waals surface area contributed by atoms with E-state index in [2.05, 4.69) is 15.4 Å². The molecule has 0 heterocycles. The van der Waals surface area contributed by atoms with Gasteiger partial charge in [0.2, 0.25) is 21.8 Å². The third kappa shape index (κ3) is 9.76. The molecule has 3 atom stereocenters. The predicted octanol–water partition coefficient (Wildman–Crippen LogP) is 3.91. The molecule has 3 amide bonds. The van der Waals surface area contributed by atoms with Crippen LogP contribution in [-0.4, -0.2) is 63.3 Å². The Labute approximate surface area is 257 Å². The van der Waals surface area contributed by atoms with Crippen LogP contribution >= 0.6 is 0 Å². The summed E-state index contributed by atoms with van der Waals surface area (Å²) in [5.41, 5.74) is 0.507. The van der Waals surface area contributed by atoms with E-state index in [1.807, 2.05) is 71.9 Å². The highest BCUT2D eigenvalue weighted by molar-refractivity contribution is 7.89. The molecule has 0 spiro atoms. The maximum Gasteiger partial charge on any atom is 0.260 e. The van der Waals surface area contributed by atoms with Gasteiger partial charge in [-0.25, -0.2) is 13.1 Å². The van der Waals surface area contributed by atoms with E-state index in [1.54, 1.807) is 50.5 Å². The molecule has 0 aliphatic rings. The minimum atomic E-state index is -3.92. The molecule has 0 aromatic heterocycles. The number of rotatable bonds is 13. The Balaban J connectivity index is 2.24. The summed E-state index contributed by atoms with van der Waals surface area (Å²) >= 11 is 0. The van der Waals surface area contributed by atoms with Crippen molar-refractivity contribution in [3.8, 4) is 0 Å². The van der Waals surface area contributed by atoms with Crippen molar-refractivity contribution in [1.82, 2.24) is 20.3 Å². The van der Waals surface area contributed by atoms with E-state index in [9.17, 15) is 22.8 Å². The number of benzene rings is 2. The highest BCUT2D eigenvalue weighted by Crippen LogP contribution is 2.29. The van der Waals surface area contributed by atoms with Gasteiger partial charge in [-0.05, 0) is 36.9 Å². The number of likely N-dealkylation sites (N-methyl/N-ethyl adjacent to an activating group) is 2. The fraction of sp³-hybridized carbons (Fsp3) is 0.485. The molecule has 2 aromatic rings. The lowest BCUT2D eigenvalue weighted by Gasteiger charge is -2.39. The van der Waals surface area contributed by atoms with Gasteiger partial charge >= 0.3 is 0 Å². The fourth-order valence-corrected chi connectivity index (χ4v) is 6.16. The summed E-state index contributed by atoms with van der Waals surface area (Å²) in [6.45, 7) is 13.0. The molecule has 0 aliphatic carbocycles. The number of sulfonamides is 1. The summed E-state index contributed by atoms with van der Waals surface area (Å²) in [5, 5.41) is 6.13. The number of hydrogen-bond donors (Lipinski definition) is 3. The molecule has 10 heteroatoms. The van der Waals surface area contributed by atoms with Crippen molar-refractivity contribution in [3.63, 3.8) is 0 Å². The van der Waals surface area contributed by atoms with Gasteiger partial charge in [0.05, 0.1) is 17.8 Å². The van der Waals surface area contributed by atoms with Crippen molar-refractivity contribution in [3.05, 3.63) is 83.4 Å². The number of nitrogens with zero attached hydrogens (tertiary/aromatic N) is 1. The fourth-order valence-electron chi connectivity index (χ4n) is 5.01. The van der Waals surface area contributed by atoms with Crippen molar-refractivity contribution in [1.29, 1.82) is 0 Å². The molecule has 2 aromatic carbocycles. The van der Waals surface area contributed by atoms with Crippen LogP contribution in [0.25, 0.3) is 0 Å². The van der Waals surface area contributed by atoms with E-state index >= 15 is 0 Å². The molecule has 1 unspecified atom stereocenters. The number of nitrogens with one attached hydrogen (secondary N) is 3. The lowest BCUT2D eigenvalue weighted by Crippen LogP contribution is -2.61. The zero-order valence-electron chi connectivity index (χ0n) is 26.9. The Hall–Kier alpha value is -3.50. The topological polar surface area (TPSA) is 125 Å². The monoisotopic (exact) mass is 612 g/mol. The molecule has 3 N–H and O–H groups in total. The Kier molecular flexibility index (Phi) is 12.3. The Morgan fingerprint density at radius 3 is 1.93 bits per heavy atom. The Bertz CT molecular complexity index is 1380. The van der Waals surface area contributed by atoms with Gasteiger partial charge in [0.25, 0.3) is 5.91 Å². The lowest BCUT2D eigenvalue weighted by atomic mass is 9.76. The second-order valence-corrected chi connectivity index (χ2v) is 14.3. The van der Waals surface area contributed by atoms with E-state index in [-0.39, 0.29) is 23.1 Å². The van der Waals surface area contributed by atoms with E-state index < -0.39 is 44.9 Å². The number of carbonyl (C=O) groups excluding carboxylic acids is 3. The zero-order valence-corrected chi connectivity index (χ0v) is 27.7. The highest BCUT2D eigenvalue weighted by atomic mass is 32.2. The molecule has 0 fully saturated rings. The van der Waals surface area contributed by atoms with Crippen LogP contribution in [0.1, 0.15) is 66.0 Å². The largest absolute Gasteiger partial charge is 0.342 e. The van der Waals surface area contributed by atoms with Crippen LogP contribution in [0.2, 0.25) is 0 Å². The summed E-state index contributed by atoms with van der Waals surface area (Å²) in [6.07, 6.45) is 2.05. The van der Waals surface area contributed by atoms with E-state index in [4.69, 9.17) is 0 Å². The van der Waals surface area contributed by atoms with Gasteiger partial charge in [-0.1, -0.05) is 108 Å². The zero-order chi connectivity index (χ0) is 32.6. The SMILES string of the molecule is CCC(C=C(C)C(=O)NS(=O)(=O)Cc1ccccc1)N(C)C(=O)[C@@H](NC(=O)[C@@H](NC)C(C)(C)c1ccccc1)C(C)(C)C. The standard InChI is InChI=1S/C33H48N4O5S/c1-10-26(21-23(2)29(38)36-43(41,42)22-24-17-13-11-14-18-24)37(9)31(40)28(32(3,4)5)35-30(39)27(34-8)33(6,7)25-19-15-12-16-20-25/h11-21,26-28,34H,10,22H2,1-9H3,(H,35,39)(H,36,38)/t26?,27-,28-/m1/s1. The maximum absolute atomic E-state index is 13.9. The first-order valence-electron chi connectivity index (χ1n) is 14.5. The van der Waals surface area contributed by atoms with Crippen molar-refractivity contribution in [2.24, 2.45) is 5.41 Å². The van der Waals surface area contributed by atoms with Crippen molar-refractivity contribution < 1.29 is 22.8 Å². The first-order chi connectivity index (χ1) is 19.9. The molecule has 0 aliphatic heterocycles. The van der Waals surface area contributed by atoms with Gasteiger partial charge in [0.15, 0.2) is 0 Å². The van der Waals surface area contributed by atoms with Gasteiger partial charge in [-0.15, -0.1) is 0 Å². The smallest absolute Gasteiger partial charge is 0.260 e. The molecule has 9 nitrogen and oxygen atoms in total. The van der Waals surface area contributed by atoms with Gasteiger partial charge in [-0.3, -0.25) is 14.4 Å². The van der Waals surface area contributed by atoms with Crippen LogP contribution in [0, 0.1) is 5.41 Å². The number of carbonyl (C=O) groups is 3. The molecule has 0 saturated heterocycles. The minimum Gasteiger partial charge on any atom is -0.342 e. The van der Waals surface area contributed by atoms with Crippen molar-refractivity contribution in [2.45, 2.75) is 84.2 Å². The van der Waals surface area contributed by atoms with Gasteiger partial charge in [0.1, 0.15) is 6.04 Å². The highest BCUT2D eigenvalue weighted by Gasteiger charge is 2.41. The maximum atomic E-state index is 13.9. The summed E-state index contributed by atoms with van der Waals surface area (Å²) in [7, 11) is -0.575. The second-order valence-electron chi connectivity index (χ2n) is 12.6. The van der Waals surface area contributed by atoms with Crippen LogP contribution in [0.5, 0.6) is 0 Å². The quantitative estimate of drug-likeness (QED) is 0.295. The van der Waals surface area contributed by atoms with E-state index in [0.29, 0.717) is 12.0 Å². The van der Waals surface area contributed by atoms with Crippen LogP contribution in [-0.2, 0) is 35.6 Å². The molecule has 0 bridgehead atoms. The molecular formula is C33H48N4O5S. The lowest BCUT2D eigenvalue weighted by molar-refractivity contribution is -0.140. The molecule has 43 heavy (non-hydrogen) atoms. The molecule has 0 radical (unpaired) electrons. The average molecular weight is 613 g/mol. The normalized spacial score (nSPS) is 14.8. The first-order valence-corrected chi connectivity index (χ1v) is 16.2. The third-order valence-corrected chi connectivity index (χ3v) is 8.91. The Morgan fingerprint density at radius 1 is 0.907 bits per heavy atom. The van der Waals surface area contributed by atoms with Crippen LogP contribution in [0.4, 0.5) is 0 Å². The summed E-state index contributed by atoms with van der Waals surface area (Å²) in [5.74, 6) is -1.71. The van der Waals surface area contributed by atoms with Crippen LogP contribution < -0.4 is 15.4 Å². The first kappa shape index (κ1) is 35.7. The number of amides is 3. The minimum absolute atomic E-state index is 0.166. The van der Waals surface area contributed by atoms with Crippen molar-refractivity contribution >= 4 is 27.7 Å². The second kappa shape index (κ2) is 14.8. The third-order valence-electron chi connectivity index (χ3n) is 7.70. The van der Waals surface area contributed by atoms with Gasteiger partial charge in [0, 0.05) is 18.0 Å². The predicted molar refractivity (Wildman–Crippen MR) is 172 cm³/mol. The Morgan fingerprint density at radius 2 is 1.44 bits per heavy atom. The van der Waals surface area contributed by atoms with Gasteiger partial charge in [-0.2, -0.15) is 0 Å². The molecule has 2 rings (SSSR count). The average Bonchev–Trinajstić information content (AvgIpc) is 2.93. The summed E-state index contributed by atoms with van der Waals surface area (Å²) in [6, 6.07) is 16.3.